The molecule has 0 bridgehead atoms. The number of amides is 2. The van der Waals surface area contributed by atoms with Crippen LogP contribution in [0.1, 0.15) is 23.1 Å². The minimum atomic E-state index is -0.143. The molecule has 3 rings (SSSR count). The molecule has 1 heterocycles. The zero-order valence-corrected chi connectivity index (χ0v) is 14.8. The Kier molecular flexibility index (Phi) is 6.24. The van der Waals surface area contributed by atoms with Gasteiger partial charge in [-0.3, -0.25) is 4.90 Å². The molecule has 2 amide bonds. The molecule has 1 fully saturated rings. The highest BCUT2D eigenvalue weighted by Gasteiger charge is 2.22. The van der Waals surface area contributed by atoms with Crippen LogP contribution in [0.3, 0.4) is 0 Å². The number of carbonyl (C=O) groups is 1. The first-order valence-electron chi connectivity index (χ1n) is 9.00. The second kappa shape index (κ2) is 9.02. The number of nitrogens with zero attached hydrogens (tertiary/aromatic N) is 2. The third kappa shape index (κ3) is 5.33. The molecule has 2 aromatic rings. The minimum Gasteiger partial charge on any atom is -0.338 e. The number of nitrogens with one attached hydrogen (secondary N) is 2. The average Bonchev–Trinajstić information content (AvgIpc) is 3.13. The largest absolute Gasteiger partial charge is 0.338 e. The van der Waals surface area contributed by atoms with Crippen LogP contribution in [0.4, 0.5) is 4.79 Å². The molecule has 0 saturated carbocycles. The zero-order chi connectivity index (χ0) is 18.2. The Bertz CT molecular complexity index is 752. The lowest BCUT2D eigenvalue weighted by molar-refractivity contribution is 0.238. The van der Waals surface area contributed by atoms with Crippen molar-refractivity contribution in [2.75, 3.05) is 19.6 Å². The summed E-state index contributed by atoms with van der Waals surface area (Å²) < 4.78 is 0. The fourth-order valence-electron chi connectivity index (χ4n) is 3.24. The van der Waals surface area contributed by atoms with E-state index in [1.807, 2.05) is 18.2 Å². The highest BCUT2D eigenvalue weighted by atomic mass is 16.2. The first-order chi connectivity index (χ1) is 12.7. The van der Waals surface area contributed by atoms with Gasteiger partial charge >= 0.3 is 6.03 Å². The van der Waals surface area contributed by atoms with Crippen molar-refractivity contribution >= 4 is 6.03 Å². The van der Waals surface area contributed by atoms with E-state index in [1.165, 1.54) is 5.56 Å². The smallest absolute Gasteiger partial charge is 0.315 e. The van der Waals surface area contributed by atoms with Gasteiger partial charge in [0.25, 0.3) is 0 Å². The molecular weight excluding hydrogens is 324 g/mol. The van der Waals surface area contributed by atoms with Crippen LogP contribution >= 0.6 is 0 Å². The van der Waals surface area contributed by atoms with Crippen molar-refractivity contribution in [3.05, 3.63) is 71.3 Å². The highest BCUT2D eigenvalue weighted by Crippen LogP contribution is 2.18. The summed E-state index contributed by atoms with van der Waals surface area (Å²) in [6.45, 7) is 4.23. The molecule has 1 atom stereocenters. The summed E-state index contributed by atoms with van der Waals surface area (Å²) in [5.74, 6) is 0.499. The number of carbonyl (C=O) groups excluding carboxylic acids is 1. The van der Waals surface area contributed by atoms with Crippen molar-refractivity contribution in [1.82, 2.24) is 15.5 Å². The van der Waals surface area contributed by atoms with E-state index in [-0.39, 0.29) is 6.03 Å². The average molecular weight is 348 g/mol. The molecule has 2 N–H and O–H groups in total. The lowest BCUT2D eigenvalue weighted by Gasteiger charge is -2.16. The van der Waals surface area contributed by atoms with Gasteiger partial charge in [0.15, 0.2) is 0 Å². The molecular formula is C21H24N4O. The van der Waals surface area contributed by atoms with Crippen LogP contribution in [0.25, 0.3) is 0 Å². The van der Waals surface area contributed by atoms with E-state index in [2.05, 4.69) is 45.9 Å². The van der Waals surface area contributed by atoms with E-state index in [1.54, 1.807) is 12.1 Å². The Morgan fingerprint density at radius 3 is 2.58 bits per heavy atom. The van der Waals surface area contributed by atoms with Crippen molar-refractivity contribution in [3.63, 3.8) is 0 Å². The Morgan fingerprint density at radius 1 is 1.08 bits per heavy atom. The maximum Gasteiger partial charge on any atom is 0.315 e. The maximum atomic E-state index is 12.0. The topological polar surface area (TPSA) is 68.2 Å². The van der Waals surface area contributed by atoms with E-state index in [4.69, 9.17) is 5.26 Å². The number of hydrogen-bond acceptors (Lipinski definition) is 3. The van der Waals surface area contributed by atoms with Crippen LogP contribution in [0, 0.1) is 17.2 Å². The van der Waals surface area contributed by atoms with Gasteiger partial charge in [-0.1, -0.05) is 42.5 Å². The summed E-state index contributed by atoms with van der Waals surface area (Å²) in [5.41, 5.74) is 2.94. The fourth-order valence-corrected chi connectivity index (χ4v) is 3.24. The quantitative estimate of drug-likeness (QED) is 0.843. The van der Waals surface area contributed by atoms with Crippen LogP contribution in [-0.4, -0.2) is 30.6 Å². The van der Waals surface area contributed by atoms with Crippen LogP contribution in [0.5, 0.6) is 0 Å². The molecule has 2 aromatic carbocycles. The maximum absolute atomic E-state index is 12.0. The SMILES string of the molecule is N#Cc1ccc(CNC(=O)NC[C@H]2CCN(Cc3ccccc3)C2)cc1. The molecule has 0 unspecified atom stereocenters. The van der Waals surface area contributed by atoms with E-state index < -0.39 is 0 Å². The third-order valence-corrected chi connectivity index (χ3v) is 4.71. The van der Waals surface area contributed by atoms with Crippen LogP contribution < -0.4 is 10.6 Å². The first kappa shape index (κ1) is 18.0. The molecule has 1 saturated heterocycles. The summed E-state index contributed by atoms with van der Waals surface area (Å²) in [5, 5.41) is 14.6. The predicted octanol–water partition coefficient (Wildman–Crippen LogP) is 2.88. The normalized spacial score (nSPS) is 16.8. The lowest BCUT2D eigenvalue weighted by atomic mass is 10.1. The van der Waals surface area contributed by atoms with Gasteiger partial charge in [-0.15, -0.1) is 0 Å². The zero-order valence-electron chi connectivity index (χ0n) is 14.8. The molecule has 5 heteroatoms. The van der Waals surface area contributed by atoms with Crippen LogP contribution in [0.2, 0.25) is 0 Å². The third-order valence-electron chi connectivity index (χ3n) is 4.71. The molecule has 0 aliphatic carbocycles. The van der Waals surface area contributed by atoms with E-state index >= 15 is 0 Å². The number of likely N-dealkylation sites (tertiary alicyclic amines) is 1. The predicted molar refractivity (Wildman–Crippen MR) is 101 cm³/mol. The van der Waals surface area contributed by atoms with Crippen molar-refractivity contribution in [1.29, 1.82) is 5.26 Å². The lowest BCUT2D eigenvalue weighted by Crippen LogP contribution is -2.38. The molecule has 0 radical (unpaired) electrons. The van der Waals surface area contributed by atoms with Crippen LogP contribution in [0.15, 0.2) is 54.6 Å². The molecule has 0 aromatic heterocycles. The van der Waals surface area contributed by atoms with Crippen molar-refractivity contribution in [2.24, 2.45) is 5.92 Å². The number of nitriles is 1. The monoisotopic (exact) mass is 348 g/mol. The standard InChI is InChI=1S/C21H24N4O/c22-12-17-6-8-18(9-7-17)13-23-21(26)24-14-20-10-11-25(16-20)15-19-4-2-1-3-5-19/h1-9,20H,10-11,13-16H2,(H2,23,24,26)/t20-/m1/s1. The molecule has 0 spiro atoms. The van der Waals surface area contributed by atoms with Gasteiger partial charge in [-0.05, 0) is 42.1 Å². The second-order valence-electron chi connectivity index (χ2n) is 6.75. The fraction of sp³-hybridized carbons (Fsp3) is 0.333. The van der Waals surface area contributed by atoms with Crippen molar-refractivity contribution < 1.29 is 4.79 Å². The summed E-state index contributed by atoms with van der Waals surface area (Å²) in [6.07, 6.45) is 1.11. The Morgan fingerprint density at radius 2 is 1.85 bits per heavy atom. The Balaban J connectivity index is 1.35. The van der Waals surface area contributed by atoms with E-state index in [0.29, 0.717) is 24.6 Å². The van der Waals surface area contributed by atoms with E-state index in [0.717, 1.165) is 31.6 Å². The minimum absolute atomic E-state index is 0.143. The van der Waals surface area contributed by atoms with Gasteiger partial charge in [-0.25, -0.2) is 4.79 Å². The van der Waals surface area contributed by atoms with Crippen molar-refractivity contribution in [2.45, 2.75) is 19.5 Å². The highest BCUT2D eigenvalue weighted by molar-refractivity contribution is 5.73. The number of rotatable bonds is 6. The van der Waals surface area contributed by atoms with Gasteiger partial charge in [0.05, 0.1) is 11.6 Å². The van der Waals surface area contributed by atoms with Gasteiger partial charge in [0, 0.05) is 26.2 Å². The first-order valence-corrected chi connectivity index (χ1v) is 9.00. The van der Waals surface area contributed by atoms with E-state index in [9.17, 15) is 4.79 Å². The molecule has 134 valence electrons. The van der Waals surface area contributed by atoms with Gasteiger partial charge in [0.1, 0.15) is 0 Å². The summed E-state index contributed by atoms with van der Waals surface area (Å²) >= 11 is 0. The molecule has 1 aliphatic rings. The van der Waals surface area contributed by atoms with Gasteiger partial charge in [-0.2, -0.15) is 5.26 Å². The molecule has 5 nitrogen and oxygen atoms in total. The summed E-state index contributed by atoms with van der Waals surface area (Å²) in [6, 6.07) is 19.7. The summed E-state index contributed by atoms with van der Waals surface area (Å²) in [7, 11) is 0. The second-order valence-corrected chi connectivity index (χ2v) is 6.75. The van der Waals surface area contributed by atoms with Crippen molar-refractivity contribution in [3.8, 4) is 6.07 Å². The Labute approximate surface area is 154 Å². The Hall–Kier alpha value is -2.84. The van der Waals surface area contributed by atoms with Crippen LogP contribution in [-0.2, 0) is 13.1 Å². The van der Waals surface area contributed by atoms with Gasteiger partial charge in [0.2, 0.25) is 0 Å². The number of benzene rings is 2. The number of hydrogen-bond donors (Lipinski definition) is 2. The number of urea groups is 1. The summed E-state index contributed by atoms with van der Waals surface area (Å²) in [4.78, 5) is 14.4. The molecule has 1 aliphatic heterocycles. The molecule has 26 heavy (non-hydrogen) atoms. The van der Waals surface area contributed by atoms with Gasteiger partial charge < -0.3 is 10.6 Å².